The lowest BCUT2D eigenvalue weighted by molar-refractivity contribution is 0.0588. The van der Waals surface area contributed by atoms with Crippen molar-refractivity contribution < 1.29 is 19.1 Å². The third kappa shape index (κ3) is 3.55. The second-order valence-electron chi connectivity index (χ2n) is 4.71. The molecule has 0 amide bonds. The van der Waals surface area contributed by atoms with Crippen molar-refractivity contribution in [3.8, 4) is 0 Å². The number of carbonyl (C=O) groups is 2. The van der Waals surface area contributed by atoms with Crippen molar-refractivity contribution in [2.75, 3.05) is 32.2 Å². The Morgan fingerprint density at radius 1 is 1.55 bits per heavy atom. The predicted octanol–water partition coefficient (Wildman–Crippen LogP) is 1.97. The van der Waals surface area contributed by atoms with Crippen LogP contribution in [-0.2, 0) is 9.47 Å². The third-order valence-electron chi connectivity index (χ3n) is 3.12. The molecule has 7 heteroatoms. The lowest BCUT2D eigenvalue weighted by Crippen LogP contribution is -2.24. The molecule has 6 nitrogen and oxygen atoms in total. The Morgan fingerprint density at radius 3 is 2.95 bits per heavy atom. The van der Waals surface area contributed by atoms with Crippen LogP contribution in [0.3, 0.4) is 0 Å². The van der Waals surface area contributed by atoms with E-state index in [1.54, 1.807) is 0 Å². The largest absolute Gasteiger partial charge is 0.464 e. The summed E-state index contributed by atoms with van der Waals surface area (Å²) < 4.78 is 10.0. The number of Topliss-reactive ketones (excluding diaryl/α,β-unsaturated/α-hetero) is 1. The van der Waals surface area contributed by atoms with Crippen LogP contribution in [0.15, 0.2) is 0 Å². The van der Waals surface area contributed by atoms with Gasteiger partial charge >= 0.3 is 5.97 Å². The van der Waals surface area contributed by atoms with Gasteiger partial charge in [0.05, 0.1) is 13.7 Å². The minimum atomic E-state index is -0.583. The Kier molecular flexibility index (Phi) is 5.08. The van der Waals surface area contributed by atoms with Crippen molar-refractivity contribution >= 4 is 28.2 Å². The van der Waals surface area contributed by atoms with Crippen molar-refractivity contribution in [2.45, 2.75) is 19.8 Å². The average Bonchev–Trinajstić information content (AvgIpc) is 2.90. The Bertz CT molecular complexity index is 495. The highest BCUT2D eigenvalue weighted by Gasteiger charge is 2.22. The number of hydrogen-bond acceptors (Lipinski definition) is 7. The summed E-state index contributed by atoms with van der Waals surface area (Å²) in [7, 11) is 1.28. The second-order valence-corrected chi connectivity index (χ2v) is 5.71. The number of hydrogen-bond donors (Lipinski definition) is 1. The van der Waals surface area contributed by atoms with E-state index in [2.05, 4.69) is 15.0 Å². The van der Waals surface area contributed by atoms with Gasteiger partial charge in [0.1, 0.15) is 4.88 Å². The van der Waals surface area contributed by atoms with Crippen molar-refractivity contribution in [2.24, 2.45) is 5.92 Å². The highest BCUT2D eigenvalue weighted by molar-refractivity contribution is 7.17. The smallest absolute Gasteiger partial charge is 0.358 e. The number of rotatable bonds is 5. The van der Waals surface area contributed by atoms with Crippen LogP contribution < -0.4 is 5.32 Å². The number of aromatic nitrogens is 1. The van der Waals surface area contributed by atoms with E-state index < -0.39 is 5.97 Å². The number of thiazole rings is 1. The van der Waals surface area contributed by atoms with Crippen molar-refractivity contribution in [1.82, 2.24) is 4.98 Å². The van der Waals surface area contributed by atoms with Gasteiger partial charge in [0.25, 0.3) is 0 Å². The van der Waals surface area contributed by atoms with Crippen LogP contribution in [0.25, 0.3) is 0 Å². The van der Waals surface area contributed by atoms with Gasteiger partial charge in [-0.3, -0.25) is 4.79 Å². The minimum absolute atomic E-state index is 0.0902. The van der Waals surface area contributed by atoms with E-state index in [4.69, 9.17) is 4.74 Å². The molecular formula is C13H18N2O4S. The summed E-state index contributed by atoms with van der Waals surface area (Å²) in [5.41, 5.74) is 0.0902. The van der Waals surface area contributed by atoms with E-state index in [0.29, 0.717) is 15.9 Å². The SMILES string of the molecule is COC(=O)c1nc(NCC2CCCOC2)sc1C(C)=O. The molecule has 2 heterocycles. The molecule has 20 heavy (non-hydrogen) atoms. The summed E-state index contributed by atoms with van der Waals surface area (Å²) in [6, 6.07) is 0. The zero-order chi connectivity index (χ0) is 14.5. The van der Waals surface area contributed by atoms with Gasteiger partial charge in [-0.15, -0.1) is 0 Å². The molecule has 1 aromatic rings. The average molecular weight is 298 g/mol. The molecule has 1 aromatic heterocycles. The van der Waals surface area contributed by atoms with Crippen LogP contribution >= 0.6 is 11.3 Å². The van der Waals surface area contributed by atoms with Gasteiger partial charge in [0, 0.05) is 20.1 Å². The molecule has 1 fully saturated rings. The molecule has 0 bridgehead atoms. The summed E-state index contributed by atoms with van der Waals surface area (Å²) >= 11 is 1.19. The van der Waals surface area contributed by atoms with Crippen molar-refractivity contribution in [3.05, 3.63) is 10.6 Å². The summed E-state index contributed by atoms with van der Waals surface area (Å²) in [4.78, 5) is 27.6. The second kappa shape index (κ2) is 6.81. The fourth-order valence-electron chi connectivity index (χ4n) is 2.07. The molecule has 1 atom stereocenters. The molecule has 1 saturated heterocycles. The van der Waals surface area contributed by atoms with E-state index in [1.807, 2.05) is 0 Å². The number of carbonyl (C=O) groups excluding carboxylic acids is 2. The van der Waals surface area contributed by atoms with E-state index in [1.165, 1.54) is 25.4 Å². The highest BCUT2D eigenvalue weighted by atomic mass is 32.1. The number of nitrogens with one attached hydrogen (secondary N) is 1. The molecule has 0 aliphatic carbocycles. The molecule has 0 spiro atoms. The zero-order valence-electron chi connectivity index (χ0n) is 11.6. The Labute approximate surface area is 121 Å². The minimum Gasteiger partial charge on any atom is -0.464 e. The highest BCUT2D eigenvalue weighted by Crippen LogP contribution is 2.25. The first-order chi connectivity index (χ1) is 9.61. The van der Waals surface area contributed by atoms with Gasteiger partial charge in [-0.25, -0.2) is 9.78 Å². The molecule has 1 aliphatic heterocycles. The van der Waals surface area contributed by atoms with Crippen LogP contribution in [0.4, 0.5) is 5.13 Å². The summed E-state index contributed by atoms with van der Waals surface area (Å²) in [6.45, 7) is 3.71. The van der Waals surface area contributed by atoms with E-state index in [-0.39, 0.29) is 11.5 Å². The van der Waals surface area contributed by atoms with Crippen LogP contribution in [-0.4, -0.2) is 43.6 Å². The first-order valence-electron chi connectivity index (χ1n) is 6.53. The normalized spacial score (nSPS) is 18.6. The van der Waals surface area contributed by atoms with Crippen LogP contribution in [0, 0.1) is 5.92 Å². The van der Waals surface area contributed by atoms with E-state index >= 15 is 0 Å². The van der Waals surface area contributed by atoms with Gasteiger partial charge in [-0.2, -0.15) is 0 Å². The topological polar surface area (TPSA) is 77.5 Å². The Hall–Kier alpha value is -1.47. The lowest BCUT2D eigenvalue weighted by atomic mass is 10.0. The fraction of sp³-hybridized carbons (Fsp3) is 0.615. The van der Waals surface area contributed by atoms with Crippen LogP contribution in [0.1, 0.15) is 39.9 Å². The molecule has 1 aliphatic rings. The molecule has 0 aromatic carbocycles. The number of anilines is 1. The molecule has 0 saturated carbocycles. The molecule has 0 radical (unpaired) electrons. The monoisotopic (exact) mass is 298 g/mol. The number of methoxy groups -OCH3 is 1. The number of ether oxygens (including phenoxy) is 2. The van der Waals surface area contributed by atoms with Crippen LogP contribution in [0.5, 0.6) is 0 Å². The van der Waals surface area contributed by atoms with Crippen LogP contribution in [0.2, 0.25) is 0 Å². The number of ketones is 1. The first kappa shape index (κ1) is 14.9. The first-order valence-corrected chi connectivity index (χ1v) is 7.35. The Balaban J connectivity index is 2.04. The molecule has 1 N–H and O–H groups in total. The quantitative estimate of drug-likeness (QED) is 0.661. The maximum atomic E-state index is 11.6. The summed E-state index contributed by atoms with van der Waals surface area (Å²) in [5, 5.41) is 3.75. The zero-order valence-corrected chi connectivity index (χ0v) is 12.4. The Morgan fingerprint density at radius 2 is 2.35 bits per heavy atom. The molecule has 2 rings (SSSR count). The molecular weight excluding hydrogens is 280 g/mol. The summed E-state index contributed by atoms with van der Waals surface area (Å²) in [5.74, 6) is -0.326. The van der Waals surface area contributed by atoms with Gasteiger partial charge in [0.2, 0.25) is 0 Å². The van der Waals surface area contributed by atoms with Gasteiger partial charge in [-0.05, 0) is 18.8 Å². The van der Waals surface area contributed by atoms with Gasteiger partial charge in [0.15, 0.2) is 16.6 Å². The standard InChI is InChI=1S/C13H18N2O4S/c1-8(16)11-10(12(17)18-2)15-13(20-11)14-6-9-4-3-5-19-7-9/h9H,3-7H2,1-2H3,(H,14,15). The van der Waals surface area contributed by atoms with Gasteiger partial charge in [-0.1, -0.05) is 11.3 Å². The molecule has 1 unspecified atom stereocenters. The summed E-state index contributed by atoms with van der Waals surface area (Å²) in [6.07, 6.45) is 2.18. The van der Waals surface area contributed by atoms with Crippen molar-refractivity contribution in [1.29, 1.82) is 0 Å². The number of esters is 1. The van der Waals surface area contributed by atoms with Gasteiger partial charge < -0.3 is 14.8 Å². The fourth-order valence-corrected chi connectivity index (χ4v) is 2.92. The number of nitrogens with zero attached hydrogens (tertiary/aromatic N) is 1. The van der Waals surface area contributed by atoms with E-state index in [9.17, 15) is 9.59 Å². The molecule has 110 valence electrons. The maximum absolute atomic E-state index is 11.6. The van der Waals surface area contributed by atoms with Crippen molar-refractivity contribution in [3.63, 3.8) is 0 Å². The third-order valence-corrected chi connectivity index (χ3v) is 4.24. The predicted molar refractivity (Wildman–Crippen MR) is 75.5 cm³/mol. The lowest BCUT2D eigenvalue weighted by Gasteiger charge is -2.21. The maximum Gasteiger partial charge on any atom is 0.358 e. The van der Waals surface area contributed by atoms with E-state index in [0.717, 1.165) is 32.6 Å².